The lowest BCUT2D eigenvalue weighted by Crippen LogP contribution is -2.31. The fraction of sp³-hybridized carbons (Fsp3) is 0.429. The molecule has 2 aliphatic rings. The highest BCUT2D eigenvalue weighted by molar-refractivity contribution is 6.00. The van der Waals surface area contributed by atoms with E-state index in [-0.39, 0.29) is 35.1 Å². The van der Waals surface area contributed by atoms with Gasteiger partial charge in [0.05, 0.1) is 18.8 Å². The molecule has 1 saturated heterocycles. The summed E-state index contributed by atoms with van der Waals surface area (Å²) in [6, 6.07) is 2.76. The molecular weight excluding hydrogens is 417 g/mol. The lowest BCUT2D eigenvalue weighted by Gasteiger charge is -2.24. The van der Waals surface area contributed by atoms with Gasteiger partial charge in [-0.15, -0.1) is 0 Å². The first kappa shape index (κ1) is 20.4. The zero-order chi connectivity index (χ0) is 22.2. The molecule has 0 radical (unpaired) electrons. The summed E-state index contributed by atoms with van der Waals surface area (Å²) in [5.41, 5.74) is 0.343. The molecule has 1 unspecified atom stereocenters. The summed E-state index contributed by atoms with van der Waals surface area (Å²) in [5.74, 6) is 0.0541. The van der Waals surface area contributed by atoms with E-state index in [9.17, 15) is 14.0 Å². The van der Waals surface area contributed by atoms with Crippen molar-refractivity contribution in [2.24, 2.45) is 0 Å². The second kappa shape index (κ2) is 8.23. The Balaban J connectivity index is 1.51. The third-order valence-corrected chi connectivity index (χ3v) is 5.69. The highest BCUT2D eigenvalue weighted by Crippen LogP contribution is 2.24. The van der Waals surface area contributed by atoms with Gasteiger partial charge in [0.2, 0.25) is 0 Å². The van der Waals surface area contributed by atoms with Gasteiger partial charge in [-0.3, -0.25) is 9.59 Å². The number of anilines is 3. The van der Waals surface area contributed by atoms with E-state index in [0.29, 0.717) is 30.2 Å². The lowest BCUT2D eigenvalue weighted by atomic mass is 10.1. The first-order valence-corrected chi connectivity index (χ1v) is 10.7. The van der Waals surface area contributed by atoms with Crippen LogP contribution in [-0.4, -0.2) is 51.4 Å². The van der Waals surface area contributed by atoms with Crippen molar-refractivity contribution in [1.82, 2.24) is 24.5 Å². The Morgan fingerprint density at radius 2 is 2.12 bits per heavy atom. The van der Waals surface area contributed by atoms with Crippen LogP contribution in [-0.2, 0) is 4.74 Å². The van der Waals surface area contributed by atoms with E-state index in [1.165, 1.54) is 21.5 Å². The number of halogens is 1. The topological polar surface area (TPSA) is 115 Å². The van der Waals surface area contributed by atoms with E-state index in [0.717, 1.165) is 31.7 Å². The zero-order valence-corrected chi connectivity index (χ0v) is 17.6. The Morgan fingerprint density at radius 3 is 2.84 bits per heavy atom. The highest BCUT2D eigenvalue weighted by atomic mass is 19.1. The smallest absolute Gasteiger partial charge is 0.274 e. The number of nitrogens with zero attached hydrogens (tertiary/aromatic N) is 4. The van der Waals surface area contributed by atoms with Gasteiger partial charge >= 0.3 is 0 Å². The Kier molecular flexibility index (Phi) is 5.25. The minimum Gasteiger partial charge on any atom is -0.379 e. The molecule has 5 rings (SSSR count). The molecular formula is C21H24FN7O3. The van der Waals surface area contributed by atoms with Gasteiger partial charge in [-0.25, -0.2) is 9.37 Å². The molecule has 3 N–H and O–H groups in total. The van der Waals surface area contributed by atoms with Gasteiger partial charge < -0.3 is 25.3 Å². The number of amides is 1. The van der Waals surface area contributed by atoms with Gasteiger partial charge in [-0.1, -0.05) is 0 Å². The molecule has 0 spiro atoms. The molecule has 0 aromatic carbocycles. The molecule has 1 aliphatic heterocycles. The number of rotatable bonds is 6. The maximum atomic E-state index is 14.4. The van der Waals surface area contributed by atoms with E-state index in [4.69, 9.17) is 4.74 Å². The molecule has 11 heteroatoms. The van der Waals surface area contributed by atoms with Crippen LogP contribution in [0.1, 0.15) is 42.1 Å². The molecule has 2 fully saturated rings. The summed E-state index contributed by atoms with van der Waals surface area (Å²) in [6.07, 6.45) is 6.15. The average molecular weight is 441 g/mol. The molecule has 1 atom stereocenters. The number of pyridine rings is 1. The van der Waals surface area contributed by atoms with Crippen LogP contribution in [0.4, 0.5) is 21.7 Å². The maximum Gasteiger partial charge on any atom is 0.274 e. The molecule has 10 nitrogen and oxygen atoms in total. The van der Waals surface area contributed by atoms with Crippen molar-refractivity contribution in [1.29, 1.82) is 0 Å². The van der Waals surface area contributed by atoms with Crippen LogP contribution in [0.5, 0.6) is 0 Å². The average Bonchev–Trinajstić information content (AvgIpc) is 3.51. The van der Waals surface area contributed by atoms with Crippen molar-refractivity contribution >= 4 is 28.9 Å². The van der Waals surface area contributed by atoms with E-state index in [2.05, 4.69) is 26.0 Å². The van der Waals surface area contributed by atoms with Crippen LogP contribution in [0.25, 0.3) is 5.65 Å². The molecule has 4 heterocycles. The fourth-order valence-electron chi connectivity index (χ4n) is 3.87. The van der Waals surface area contributed by atoms with Crippen LogP contribution < -0.4 is 21.5 Å². The van der Waals surface area contributed by atoms with Crippen LogP contribution in [0.3, 0.4) is 0 Å². The second-order valence-corrected chi connectivity index (χ2v) is 8.10. The van der Waals surface area contributed by atoms with Crippen LogP contribution >= 0.6 is 0 Å². The largest absolute Gasteiger partial charge is 0.379 e. The highest BCUT2D eigenvalue weighted by Gasteiger charge is 2.26. The molecule has 0 bridgehead atoms. The van der Waals surface area contributed by atoms with Crippen molar-refractivity contribution in [3.8, 4) is 0 Å². The van der Waals surface area contributed by atoms with Gasteiger partial charge in [0.1, 0.15) is 28.7 Å². The number of hydrogen-bond acceptors (Lipinski definition) is 7. The van der Waals surface area contributed by atoms with Crippen molar-refractivity contribution in [2.75, 3.05) is 30.9 Å². The van der Waals surface area contributed by atoms with Gasteiger partial charge in [-0.05, 0) is 25.7 Å². The van der Waals surface area contributed by atoms with Crippen molar-refractivity contribution in [2.45, 2.75) is 37.8 Å². The van der Waals surface area contributed by atoms with Crippen molar-refractivity contribution in [3.05, 3.63) is 46.3 Å². The molecule has 168 valence electrons. The van der Waals surface area contributed by atoms with Gasteiger partial charge in [-0.2, -0.15) is 9.61 Å². The number of carbonyl (C=O) groups is 1. The Bertz CT molecular complexity index is 1230. The molecule has 32 heavy (non-hydrogen) atoms. The minimum atomic E-state index is -0.540. The number of aromatic nitrogens is 4. The molecule has 1 saturated carbocycles. The second-order valence-electron chi connectivity index (χ2n) is 8.10. The lowest BCUT2D eigenvalue weighted by molar-refractivity contribution is 0.0577. The fourth-order valence-corrected chi connectivity index (χ4v) is 3.87. The number of nitrogens with one attached hydrogen (secondary N) is 3. The minimum absolute atomic E-state index is 0.0537. The van der Waals surface area contributed by atoms with E-state index >= 15 is 0 Å². The Labute approximate surface area is 182 Å². The van der Waals surface area contributed by atoms with Crippen LogP contribution in [0.15, 0.2) is 29.3 Å². The van der Waals surface area contributed by atoms with Crippen molar-refractivity contribution in [3.63, 3.8) is 0 Å². The predicted octanol–water partition coefficient (Wildman–Crippen LogP) is 2.06. The van der Waals surface area contributed by atoms with Gasteiger partial charge in [0.15, 0.2) is 5.65 Å². The van der Waals surface area contributed by atoms with Gasteiger partial charge in [0, 0.05) is 38.0 Å². The summed E-state index contributed by atoms with van der Waals surface area (Å²) >= 11 is 0. The molecule has 1 aliphatic carbocycles. The number of carbonyl (C=O) groups excluding carboxylic acids is 1. The molecule has 1 amide bonds. The summed E-state index contributed by atoms with van der Waals surface area (Å²) in [6.45, 7) is 1.01. The van der Waals surface area contributed by atoms with Gasteiger partial charge in [0.25, 0.3) is 11.5 Å². The molecule has 3 aromatic rings. The Morgan fingerprint density at radius 1 is 1.28 bits per heavy atom. The molecule has 3 aromatic heterocycles. The third-order valence-electron chi connectivity index (χ3n) is 5.69. The third kappa shape index (κ3) is 3.91. The first-order chi connectivity index (χ1) is 15.5. The summed E-state index contributed by atoms with van der Waals surface area (Å²) in [5, 5.41) is 13.1. The van der Waals surface area contributed by atoms with E-state index in [1.807, 2.05) is 0 Å². The summed E-state index contributed by atoms with van der Waals surface area (Å²) < 4.78 is 22.7. The van der Waals surface area contributed by atoms with Crippen LogP contribution in [0.2, 0.25) is 0 Å². The monoisotopic (exact) mass is 441 g/mol. The number of hydrogen-bond donors (Lipinski definition) is 3. The quantitative estimate of drug-likeness (QED) is 0.536. The first-order valence-electron chi connectivity index (χ1n) is 10.7. The SMILES string of the molecule is CNc1cc(Nc2cc(F)cn(C3CCCOC3)c2=O)nc2c(C(=O)NC3CC3)cnn12. The standard InChI is InChI=1S/C21H24FN7O3/c1-23-18-8-17(27-19-15(9-24-29(18)19)20(30)25-13-4-5-13)26-16-7-12(22)10-28(21(16)31)14-3-2-6-32-11-14/h7-10,13-14,23H,2-6,11H2,1H3,(H,25,30)(H,26,27). The van der Waals surface area contributed by atoms with E-state index < -0.39 is 5.82 Å². The summed E-state index contributed by atoms with van der Waals surface area (Å²) in [4.78, 5) is 30.1. The van der Waals surface area contributed by atoms with Crippen molar-refractivity contribution < 1.29 is 13.9 Å². The predicted molar refractivity (Wildman–Crippen MR) is 116 cm³/mol. The normalized spacial score (nSPS) is 18.5. The van der Waals surface area contributed by atoms with E-state index in [1.54, 1.807) is 13.1 Å². The van der Waals surface area contributed by atoms with Crippen LogP contribution in [0, 0.1) is 5.82 Å². The number of ether oxygens (including phenoxy) is 1. The Hall–Kier alpha value is -3.47. The summed E-state index contributed by atoms with van der Waals surface area (Å²) in [7, 11) is 1.71. The maximum absolute atomic E-state index is 14.4. The zero-order valence-electron chi connectivity index (χ0n) is 17.6. The number of fused-ring (bicyclic) bond motifs is 1.